The van der Waals surface area contributed by atoms with Gasteiger partial charge in [0.15, 0.2) is 0 Å². The van der Waals surface area contributed by atoms with Gasteiger partial charge in [-0.25, -0.2) is 13.1 Å². The number of aryl methyl sites for hydroxylation is 2. The SMILES string of the molecule is COc1cccc(C(CNS(=O)(=O)c2cc(C)c(OC)c(C)c2)N(C)C)c1. The second kappa shape index (κ2) is 8.73. The molecule has 2 aromatic carbocycles. The summed E-state index contributed by atoms with van der Waals surface area (Å²) in [4.78, 5) is 2.21. The zero-order chi connectivity index (χ0) is 20.2. The number of hydrogen-bond donors (Lipinski definition) is 1. The van der Waals surface area contributed by atoms with Gasteiger partial charge in [-0.1, -0.05) is 12.1 Å². The van der Waals surface area contributed by atoms with Crippen molar-refractivity contribution in [1.29, 1.82) is 0 Å². The van der Waals surface area contributed by atoms with Crippen molar-refractivity contribution in [3.63, 3.8) is 0 Å². The van der Waals surface area contributed by atoms with Crippen molar-refractivity contribution in [2.75, 3.05) is 34.9 Å². The van der Waals surface area contributed by atoms with Crippen molar-refractivity contribution in [3.05, 3.63) is 53.1 Å². The van der Waals surface area contributed by atoms with E-state index in [0.717, 1.165) is 22.4 Å². The molecule has 6 nitrogen and oxygen atoms in total. The van der Waals surface area contributed by atoms with Crippen molar-refractivity contribution >= 4 is 10.0 Å². The first-order valence-corrected chi connectivity index (χ1v) is 10.1. The van der Waals surface area contributed by atoms with Crippen LogP contribution in [0.1, 0.15) is 22.7 Å². The molecule has 1 unspecified atom stereocenters. The molecule has 0 aromatic heterocycles. The van der Waals surface area contributed by atoms with Crippen LogP contribution in [0.2, 0.25) is 0 Å². The van der Waals surface area contributed by atoms with Gasteiger partial charge in [-0.3, -0.25) is 0 Å². The Morgan fingerprint density at radius 1 is 1.04 bits per heavy atom. The summed E-state index contributed by atoms with van der Waals surface area (Å²) < 4.78 is 39.0. The van der Waals surface area contributed by atoms with Crippen LogP contribution < -0.4 is 14.2 Å². The molecule has 0 amide bonds. The van der Waals surface area contributed by atoms with E-state index in [1.54, 1.807) is 26.4 Å². The third kappa shape index (κ3) is 5.00. The number of rotatable bonds is 8. The van der Waals surface area contributed by atoms with E-state index < -0.39 is 10.0 Å². The van der Waals surface area contributed by atoms with E-state index in [4.69, 9.17) is 9.47 Å². The van der Waals surface area contributed by atoms with Crippen LogP contribution in [0.4, 0.5) is 0 Å². The first kappa shape index (κ1) is 21.2. The number of nitrogens with zero attached hydrogens (tertiary/aromatic N) is 1. The van der Waals surface area contributed by atoms with Crippen LogP contribution in [0.15, 0.2) is 41.3 Å². The van der Waals surface area contributed by atoms with Crippen molar-refractivity contribution < 1.29 is 17.9 Å². The molecule has 148 valence electrons. The van der Waals surface area contributed by atoms with E-state index in [1.165, 1.54) is 0 Å². The molecule has 0 radical (unpaired) electrons. The number of nitrogens with one attached hydrogen (secondary N) is 1. The Morgan fingerprint density at radius 2 is 1.67 bits per heavy atom. The normalized spacial score (nSPS) is 12.9. The van der Waals surface area contributed by atoms with Gasteiger partial charge in [0.25, 0.3) is 0 Å². The van der Waals surface area contributed by atoms with Gasteiger partial charge >= 0.3 is 0 Å². The van der Waals surface area contributed by atoms with Crippen molar-refractivity contribution in [2.45, 2.75) is 24.8 Å². The molecule has 1 atom stereocenters. The van der Waals surface area contributed by atoms with Crippen LogP contribution in [-0.4, -0.2) is 48.2 Å². The molecule has 0 aliphatic carbocycles. The highest BCUT2D eigenvalue weighted by molar-refractivity contribution is 7.89. The molecule has 0 heterocycles. The summed E-state index contributed by atoms with van der Waals surface area (Å²) in [5.41, 5.74) is 2.55. The summed E-state index contributed by atoms with van der Waals surface area (Å²) in [7, 11) is 3.38. The molecule has 0 fully saturated rings. The molecule has 0 saturated carbocycles. The lowest BCUT2D eigenvalue weighted by atomic mass is 10.1. The monoisotopic (exact) mass is 392 g/mol. The third-order valence-electron chi connectivity index (χ3n) is 4.52. The van der Waals surface area contributed by atoms with Gasteiger partial charge in [-0.05, 0) is 68.9 Å². The Hall–Kier alpha value is -2.09. The Bertz CT molecular complexity index is 872. The van der Waals surface area contributed by atoms with Gasteiger partial charge in [0, 0.05) is 12.6 Å². The van der Waals surface area contributed by atoms with Gasteiger partial charge in [0.05, 0.1) is 19.1 Å². The molecular formula is C20H28N2O4S. The number of methoxy groups -OCH3 is 2. The number of likely N-dealkylation sites (N-methyl/N-ethyl adjacent to an activating group) is 1. The highest BCUT2D eigenvalue weighted by atomic mass is 32.2. The van der Waals surface area contributed by atoms with E-state index in [1.807, 2.05) is 57.1 Å². The average molecular weight is 393 g/mol. The first-order valence-electron chi connectivity index (χ1n) is 8.65. The summed E-state index contributed by atoms with van der Waals surface area (Å²) >= 11 is 0. The van der Waals surface area contributed by atoms with Gasteiger partial charge in [0.2, 0.25) is 10.0 Å². The van der Waals surface area contributed by atoms with Crippen LogP contribution in [0.5, 0.6) is 11.5 Å². The standard InChI is InChI=1S/C20H28N2O4S/c1-14-10-18(11-15(2)20(14)26-6)27(23,24)21-13-19(22(3)4)16-8-7-9-17(12-16)25-5/h7-12,19,21H,13H2,1-6H3. The highest BCUT2D eigenvalue weighted by Crippen LogP contribution is 2.27. The Morgan fingerprint density at radius 3 is 2.19 bits per heavy atom. The Balaban J connectivity index is 2.26. The zero-order valence-corrected chi connectivity index (χ0v) is 17.6. The predicted molar refractivity (Wildman–Crippen MR) is 107 cm³/mol. The Labute approximate surface area is 162 Å². The number of hydrogen-bond acceptors (Lipinski definition) is 5. The molecule has 2 aromatic rings. The summed E-state index contributed by atoms with van der Waals surface area (Å²) in [6.07, 6.45) is 0. The van der Waals surface area contributed by atoms with Crippen LogP contribution in [0.25, 0.3) is 0 Å². The molecular weight excluding hydrogens is 364 g/mol. The smallest absolute Gasteiger partial charge is 0.240 e. The largest absolute Gasteiger partial charge is 0.497 e. The predicted octanol–water partition coefficient (Wildman–Crippen LogP) is 2.90. The molecule has 0 aliphatic rings. The van der Waals surface area contributed by atoms with Crippen molar-refractivity contribution in [3.8, 4) is 11.5 Å². The van der Waals surface area contributed by atoms with Crippen LogP contribution in [0.3, 0.4) is 0 Å². The highest BCUT2D eigenvalue weighted by Gasteiger charge is 2.21. The fraction of sp³-hybridized carbons (Fsp3) is 0.400. The van der Waals surface area contributed by atoms with Crippen molar-refractivity contribution in [2.24, 2.45) is 0 Å². The number of benzene rings is 2. The summed E-state index contributed by atoms with van der Waals surface area (Å²) in [5, 5.41) is 0. The summed E-state index contributed by atoms with van der Waals surface area (Å²) in [5.74, 6) is 1.44. The maximum atomic E-state index is 12.8. The quantitative estimate of drug-likeness (QED) is 0.748. The molecule has 27 heavy (non-hydrogen) atoms. The first-order chi connectivity index (χ1) is 12.7. The minimum Gasteiger partial charge on any atom is -0.497 e. The second-order valence-electron chi connectivity index (χ2n) is 6.70. The fourth-order valence-electron chi connectivity index (χ4n) is 3.11. The maximum absolute atomic E-state index is 12.8. The minimum absolute atomic E-state index is 0.129. The van der Waals surface area contributed by atoms with E-state index in [-0.39, 0.29) is 17.5 Å². The number of ether oxygens (including phenoxy) is 2. The van der Waals surface area contributed by atoms with Crippen LogP contribution in [-0.2, 0) is 10.0 Å². The summed E-state index contributed by atoms with van der Waals surface area (Å²) in [6, 6.07) is 10.8. The van der Waals surface area contributed by atoms with E-state index in [9.17, 15) is 8.42 Å². The molecule has 2 rings (SSSR count). The van der Waals surface area contributed by atoms with Gasteiger partial charge in [-0.15, -0.1) is 0 Å². The molecule has 7 heteroatoms. The molecule has 0 aliphatic heterocycles. The van der Waals surface area contributed by atoms with Crippen LogP contribution in [0, 0.1) is 13.8 Å². The fourth-order valence-corrected chi connectivity index (χ4v) is 4.31. The lowest BCUT2D eigenvalue weighted by Gasteiger charge is -2.25. The van der Waals surface area contributed by atoms with Gasteiger partial charge < -0.3 is 14.4 Å². The topological polar surface area (TPSA) is 67.9 Å². The lowest BCUT2D eigenvalue weighted by molar-refractivity contribution is 0.298. The molecule has 0 saturated heterocycles. The van der Waals surface area contributed by atoms with E-state index in [0.29, 0.717) is 5.75 Å². The lowest BCUT2D eigenvalue weighted by Crippen LogP contribution is -2.34. The summed E-state index contributed by atoms with van der Waals surface area (Å²) in [6.45, 7) is 3.92. The van der Waals surface area contributed by atoms with Gasteiger partial charge in [-0.2, -0.15) is 0 Å². The van der Waals surface area contributed by atoms with Gasteiger partial charge in [0.1, 0.15) is 11.5 Å². The average Bonchev–Trinajstić information content (AvgIpc) is 2.61. The zero-order valence-electron chi connectivity index (χ0n) is 16.7. The molecule has 0 spiro atoms. The molecule has 0 bridgehead atoms. The third-order valence-corrected chi connectivity index (χ3v) is 5.92. The maximum Gasteiger partial charge on any atom is 0.240 e. The Kier molecular flexibility index (Phi) is 6.86. The van der Waals surface area contributed by atoms with Crippen molar-refractivity contribution in [1.82, 2.24) is 9.62 Å². The number of sulfonamides is 1. The minimum atomic E-state index is -3.65. The second-order valence-corrected chi connectivity index (χ2v) is 8.47. The molecule has 1 N–H and O–H groups in total. The van der Waals surface area contributed by atoms with E-state index in [2.05, 4.69) is 4.72 Å². The van der Waals surface area contributed by atoms with Crippen LogP contribution >= 0.6 is 0 Å². The van der Waals surface area contributed by atoms with E-state index >= 15 is 0 Å².